The highest BCUT2D eigenvalue weighted by molar-refractivity contribution is 7.25. The average molecular weight is 371 g/mol. The van der Waals surface area contributed by atoms with Crippen LogP contribution in [0.1, 0.15) is 18.1 Å². The molecule has 134 valence electrons. The van der Waals surface area contributed by atoms with Gasteiger partial charge in [-0.3, -0.25) is 0 Å². The Hall–Kier alpha value is -2.78. The molecule has 1 aliphatic rings. The standard InChI is InChI=1S/C24H22N2S/c1-16-8-4-6-10-21(16)26-17(2)25(3)15-22(26)18-12-13-20-19-9-5-7-11-23(19)27-24(20)14-18/h4-15,17H,1-3H3. The Kier molecular flexibility index (Phi) is 3.73. The minimum atomic E-state index is 0.291. The predicted molar refractivity (Wildman–Crippen MR) is 118 cm³/mol. The van der Waals surface area contributed by atoms with Gasteiger partial charge in [-0.25, -0.2) is 0 Å². The lowest BCUT2D eigenvalue weighted by Crippen LogP contribution is -2.35. The highest BCUT2D eigenvalue weighted by Gasteiger charge is 2.29. The van der Waals surface area contributed by atoms with Crippen LogP contribution in [0.2, 0.25) is 0 Å². The van der Waals surface area contributed by atoms with Gasteiger partial charge in [0.2, 0.25) is 0 Å². The summed E-state index contributed by atoms with van der Waals surface area (Å²) < 4.78 is 2.70. The van der Waals surface area contributed by atoms with Crippen molar-refractivity contribution in [2.75, 3.05) is 11.9 Å². The van der Waals surface area contributed by atoms with E-state index in [-0.39, 0.29) is 0 Å². The third-order valence-electron chi connectivity index (χ3n) is 5.60. The molecular weight excluding hydrogens is 348 g/mol. The van der Waals surface area contributed by atoms with Crippen molar-refractivity contribution in [2.45, 2.75) is 20.0 Å². The molecule has 0 saturated heterocycles. The van der Waals surface area contributed by atoms with Gasteiger partial charge in [-0.05, 0) is 37.6 Å². The number of aryl methyl sites for hydroxylation is 1. The van der Waals surface area contributed by atoms with Gasteiger partial charge in [0, 0.05) is 44.7 Å². The Balaban J connectivity index is 1.66. The van der Waals surface area contributed by atoms with Crippen LogP contribution < -0.4 is 4.90 Å². The van der Waals surface area contributed by atoms with Crippen LogP contribution in [-0.4, -0.2) is 18.1 Å². The van der Waals surface area contributed by atoms with Gasteiger partial charge < -0.3 is 9.80 Å². The first-order chi connectivity index (χ1) is 13.1. The number of hydrogen-bond donors (Lipinski definition) is 0. The van der Waals surface area contributed by atoms with Gasteiger partial charge in [0.1, 0.15) is 6.17 Å². The van der Waals surface area contributed by atoms with Crippen molar-refractivity contribution in [3.8, 4) is 0 Å². The van der Waals surface area contributed by atoms with Gasteiger partial charge in [0.05, 0.1) is 5.70 Å². The number of rotatable bonds is 2. The van der Waals surface area contributed by atoms with Crippen molar-refractivity contribution in [1.29, 1.82) is 0 Å². The van der Waals surface area contributed by atoms with E-state index in [1.54, 1.807) is 0 Å². The molecule has 0 amide bonds. The molecule has 0 fully saturated rings. The second-order valence-electron chi connectivity index (χ2n) is 7.28. The van der Waals surface area contributed by atoms with Crippen molar-refractivity contribution in [3.63, 3.8) is 0 Å². The van der Waals surface area contributed by atoms with Crippen LogP contribution in [0.4, 0.5) is 5.69 Å². The van der Waals surface area contributed by atoms with Crippen molar-refractivity contribution in [1.82, 2.24) is 4.90 Å². The third-order valence-corrected chi connectivity index (χ3v) is 6.73. The van der Waals surface area contributed by atoms with E-state index in [4.69, 9.17) is 0 Å². The van der Waals surface area contributed by atoms with Crippen LogP contribution in [0.15, 0.2) is 72.9 Å². The van der Waals surface area contributed by atoms with Gasteiger partial charge in [-0.2, -0.15) is 0 Å². The van der Waals surface area contributed by atoms with Gasteiger partial charge in [-0.1, -0.05) is 48.5 Å². The molecule has 2 nitrogen and oxygen atoms in total. The summed E-state index contributed by atoms with van der Waals surface area (Å²) in [5.41, 5.74) is 5.11. The normalized spacial score (nSPS) is 17.1. The van der Waals surface area contributed by atoms with Crippen LogP contribution in [0.3, 0.4) is 0 Å². The van der Waals surface area contributed by atoms with Crippen LogP contribution >= 0.6 is 11.3 Å². The van der Waals surface area contributed by atoms with E-state index in [1.807, 2.05) is 11.3 Å². The maximum Gasteiger partial charge on any atom is 0.103 e. The lowest BCUT2D eigenvalue weighted by Gasteiger charge is -2.31. The second-order valence-corrected chi connectivity index (χ2v) is 8.36. The maximum atomic E-state index is 2.45. The summed E-state index contributed by atoms with van der Waals surface area (Å²) in [5.74, 6) is 0. The Bertz CT molecular complexity index is 1190. The molecule has 1 unspecified atom stereocenters. The minimum Gasteiger partial charge on any atom is -0.358 e. The van der Waals surface area contributed by atoms with Crippen LogP contribution in [0.5, 0.6) is 0 Å². The number of benzene rings is 3. The molecule has 0 spiro atoms. The molecule has 4 aromatic rings. The van der Waals surface area contributed by atoms with Gasteiger partial charge >= 0.3 is 0 Å². The van der Waals surface area contributed by atoms with Gasteiger partial charge in [0.25, 0.3) is 0 Å². The molecule has 27 heavy (non-hydrogen) atoms. The van der Waals surface area contributed by atoms with E-state index in [1.165, 1.54) is 42.7 Å². The number of fused-ring (bicyclic) bond motifs is 3. The summed E-state index contributed by atoms with van der Waals surface area (Å²) >= 11 is 1.88. The van der Waals surface area contributed by atoms with Crippen LogP contribution in [-0.2, 0) is 0 Å². The fraction of sp³-hybridized carbons (Fsp3) is 0.167. The van der Waals surface area contributed by atoms with Crippen molar-refractivity contribution < 1.29 is 0 Å². The van der Waals surface area contributed by atoms with Crippen molar-refractivity contribution in [2.24, 2.45) is 0 Å². The summed E-state index contributed by atoms with van der Waals surface area (Å²) in [6.07, 6.45) is 2.56. The SMILES string of the molecule is Cc1ccccc1N1C(c2ccc3c(c2)sc2ccccc23)=CN(C)C1C. The maximum absolute atomic E-state index is 2.45. The van der Waals surface area contributed by atoms with E-state index >= 15 is 0 Å². The average Bonchev–Trinajstić information content (AvgIpc) is 3.19. The summed E-state index contributed by atoms with van der Waals surface area (Å²) in [7, 11) is 2.15. The number of nitrogens with zero attached hydrogens (tertiary/aromatic N) is 2. The van der Waals surface area contributed by atoms with Crippen LogP contribution in [0.25, 0.3) is 25.9 Å². The first-order valence-electron chi connectivity index (χ1n) is 9.34. The summed E-state index contributed by atoms with van der Waals surface area (Å²) in [4.78, 5) is 4.74. The van der Waals surface area contributed by atoms with Crippen molar-refractivity contribution >= 4 is 42.9 Å². The topological polar surface area (TPSA) is 6.48 Å². The zero-order chi connectivity index (χ0) is 18.5. The molecule has 3 heteroatoms. The fourth-order valence-corrected chi connectivity index (χ4v) is 5.16. The molecule has 2 heterocycles. The van der Waals surface area contributed by atoms with Crippen LogP contribution in [0, 0.1) is 6.92 Å². The molecule has 0 N–H and O–H groups in total. The largest absolute Gasteiger partial charge is 0.358 e. The molecule has 3 aromatic carbocycles. The number of para-hydroxylation sites is 1. The summed E-state index contributed by atoms with van der Waals surface area (Å²) in [6, 6.07) is 24.2. The van der Waals surface area contributed by atoms with E-state index in [2.05, 4.69) is 104 Å². The molecule has 1 aromatic heterocycles. The molecule has 0 bridgehead atoms. The quantitative estimate of drug-likeness (QED) is 0.399. The smallest absolute Gasteiger partial charge is 0.103 e. The van der Waals surface area contributed by atoms with E-state index in [0.717, 1.165) is 0 Å². The lowest BCUT2D eigenvalue weighted by molar-refractivity contribution is 0.383. The van der Waals surface area contributed by atoms with E-state index in [0.29, 0.717) is 6.17 Å². The number of anilines is 1. The number of thiophene rings is 1. The fourth-order valence-electron chi connectivity index (χ4n) is 4.01. The Labute approximate surface area is 164 Å². The predicted octanol–water partition coefficient (Wildman–Crippen LogP) is 6.46. The highest BCUT2D eigenvalue weighted by atomic mass is 32.1. The summed E-state index contributed by atoms with van der Waals surface area (Å²) in [5, 5.41) is 2.70. The summed E-state index contributed by atoms with van der Waals surface area (Å²) in [6.45, 7) is 4.45. The third kappa shape index (κ3) is 2.54. The van der Waals surface area contributed by atoms with Gasteiger partial charge in [0.15, 0.2) is 0 Å². The monoisotopic (exact) mass is 370 g/mol. The Morgan fingerprint density at radius 3 is 2.44 bits per heavy atom. The highest BCUT2D eigenvalue weighted by Crippen LogP contribution is 2.39. The van der Waals surface area contributed by atoms with Gasteiger partial charge in [-0.15, -0.1) is 11.3 Å². The molecule has 0 aliphatic carbocycles. The zero-order valence-corrected chi connectivity index (χ0v) is 16.6. The molecule has 0 saturated carbocycles. The minimum absolute atomic E-state index is 0.291. The van der Waals surface area contributed by atoms with Crippen molar-refractivity contribution in [3.05, 3.63) is 84.1 Å². The molecule has 5 rings (SSSR count). The number of hydrogen-bond acceptors (Lipinski definition) is 3. The first-order valence-corrected chi connectivity index (χ1v) is 10.2. The van der Waals surface area contributed by atoms with E-state index < -0.39 is 0 Å². The molecule has 1 aliphatic heterocycles. The Morgan fingerprint density at radius 1 is 0.852 bits per heavy atom. The lowest BCUT2D eigenvalue weighted by atomic mass is 10.1. The Morgan fingerprint density at radius 2 is 1.59 bits per heavy atom. The van der Waals surface area contributed by atoms with E-state index in [9.17, 15) is 0 Å². The second kappa shape index (κ2) is 6.14. The molecule has 0 radical (unpaired) electrons. The zero-order valence-electron chi connectivity index (χ0n) is 15.8. The molecule has 1 atom stereocenters. The molecular formula is C24H22N2S. The first kappa shape index (κ1) is 16.4.